The largest absolute Gasteiger partial charge is 0.486 e. The van der Waals surface area contributed by atoms with E-state index < -0.39 is 0 Å². The smallest absolute Gasteiger partial charge is 0.275 e. The number of amides is 1. The molecule has 1 aromatic heterocycles. The summed E-state index contributed by atoms with van der Waals surface area (Å²) in [6.45, 7) is 5.34. The lowest BCUT2D eigenvalue weighted by Gasteiger charge is -2.19. The van der Waals surface area contributed by atoms with Crippen molar-refractivity contribution in [3.05, 3.63) is 66.1 Å². The molecule has 0 saturated carbocycles. The van der Waals surface area contributed by atoms with E-state index in [2.05, 4.69) is 34.4 Å². The molecule has 0 aliphatic carbocycles. The van der Waals surface area contributed by atoms with Gasteiger partial charge >= 0.3 is 0 Å². The van der Waals surface area contributed by atoms with Crippen molar-refractivity contribution in [2.45, 2.75) is 19.8 Å². The van der Waals surface area contributed by atoms with E-state index in [-0.39, 0.29) is 11.6 Å². The van der Waals surface area contributed by atoms with Gasteiger partial charge in [0.05, 0.1) is 12.4 Å². The monoisotopic (exact) mass is 390 g/mol. The third-order valence-corrected chi connectivity index (χ3v) is 4.53. The highest BCUT2D eigenvalue weighted by Gasteiger charge is 2.13. The zero-order chi connectivity index (χ0) is 20.2. The molecule has 1 aliphatic rings. The molecule has 0 bridgehead atoms. The normalized spacial score (nSPS) is 12.5. The van der Waals surface area contributed by atoms with E-state index >= 15 is 0 Å². The average molecular weight is 390 g/mol. The van der Waals surface area contributed by atoms with Gasteiger partial charge in [-0.3, -0.25) is 4.79 Å². The van der Waals surface area contributed by atoms with Gasteiger partial charge in [0.25, 0.3) is 5.91 Å². The Labute approximate surface area is 169 Å². The summed E-state index contributed by atoms with van der Waals surface area (Å²) in [7, 11) is 0. The standard InChI is InChI=1S/C22H22N4O3/c1-14(2)15-3-5-16(6-4-15)26-22(27)18-12-24-21(13-23-18)25-17-7-8-19-20(11-17)29-10-9-28-19/h3-8,11-14H,9-10H2,1-2H3,(H,24,25)(H,26,27). The Hall–Kier alpha value is -3.61. The third-order valence-electron chi connectivity index (χ3n) is 4.53. The van der Waals surface area contributed by atoms with Gasteiger partial charge < -0.3 is 20.1 Å². The van der Waals surface area contributed by atoms with Crippen molar-refractivity contribution in [3.63, 3.8) is 0 Å². The molecule has 1 aliphatic heterocycles. The highest BCUT2D eigenvalue weighted by atomic mass is 16.6. The molecule has 3 aromatic rings. The third kappa shape index (κ3) is 4.45. The topological polar surface area (TPSA) is 85.4 Å². The summed E-state index contributed by atoms with van der Waals surface area (Å²) < 4.78 is 11.1. The van der Waals surface area contributed by atoms with Crippen molar-refractivity contribution >= 4 is 23.1 Å². The summed E-state index contributed by atoms with van der Waals surface area (Å²) in [6, 6.07) is 13.3. The fourth-order valence-electron chi connectivity index (χ4n) is 2.93. The van der Waals surface area contributed by atoms with E-state index in [0.717, 1.165) is 17.1 Å². The Kier molecular flexibility index (Phi) is 5.29. The number of nitrogens with zero attached hydrogens (tertiary/aromatic N) is 2. The molecule has 0 saturated heterocycles. The first-order valence-corrected chi connectivity index (χ1v) is 9.48. The number of rotatable bonds is 5. The first-order chi connectivity index (χ1) is 14.1. The highest BCUT2D eigenvalue weighted by Crippen LogP contribution is 2.33. The Morgan fingerprint density at radius 3 is 2.34 bits per heavy atom. The van der Waals surface area contributed by atoms with Gasteiger partial charge in [0.15, 0.2) is 11.5 Å². The predicted molar refractivity (Wildman–Crippen MR) is 111 cm³/mol. The second-order valence-electron chi connectivity index (χ2n) is 7.00. The van der Waals surface area contributed by atoms with Crippen LogP contribution in [0.3, 0.4) is 0 Å². The van der Waals surface area contributed by atoms with Crippen molar-refractivity contribution in [3.8, 4) is 11.5 Å². The molecular weight excluding hydrogens is 368 g/mol. The second kappa shape index (κ2) is 8.18. The van der Waals surface area contributed by atoms with Crippen LogP contribution in [0, 0.1) is 0 Å². The molecule has 0 fully saturated rings. The SMILES string of the molecule is CC(C)c1ccc(NC(=O)c2cnc(Nc3ccc4c(c3)OCCO4)cn2)cc1. The molecule has 0 spiro atoms. The van der Waals surface area contributed by atoms with Crippen molar-refractivity contribution in [2.75, 3.05) is 23.8 Å². The molecule has 1 amide bonds. The van der Waals surface area contributed by atoms with Gasteiger partial charge in [-0.05, 0) is 35.7 Å². The predicted octanol–water partition coefficient (Wildman–Crippen LogP) is 4.37. The maximum atomic E-state index is 12.4. The molecule has 0 atom stereocenters. The minimum Gasteiger partial charge on any atom is -0.486 e. The summed E-state index contributed by atoms with van der Waals surface area (Å²) in [5.74, 6) is 2.08. The number of benzene rings is 2. The van der Waals surface area contributed by atoms with Crippen LogP contribution in [-0.4, -0.2) is 29.1 Å². The van der Waals surface area contributed by atoms with Crippen LogP contribution >= 0.6 is 0 Å². The molecular formula is C22H22N4O3. The van der Waals surface area contributed by atoms with E-state index in [1.165, 1.54) is 18.0 Å². The van der Waals surface area contributed by atoms with Crippen LogP contribution in [0.2, 0.25) is 0 Å². The molecule has 0 unspecified atom stereocenters. The maximum Gasteiger partial charge on any atom is 0.275 e. The minimum absolute atomic E-state index is 0.241. The average Bonchev–Trinajstić information content (AvgIpc) is 2.74. The minimum atomic E-state index is -0.305. The molecule has 7 heteroatoms. The molecule has 4 rings (SSSR count). The van der Waals surface area contributed by atoms with Crippen LogP contribution in [0.25, 0.3) is 0 Å². The zero-order valence-electron chi connectivity index (χ0n) is 16.3. The number of anilines is 3. The molecule has 2 heterocycles. The first kappa shape index (κ1) is 18.7. The van der Waals surface area contributed by atoms with Crippen molar-refractivity contribution in [1.29, 1.82) is 0 Å². The van der Waals surface area contributed by atoms with Gasteiger partial charge in [-0.25, -0.2) is 9.97 Å². The van der Waals surface area contributed by atoms with Crippen LogP contribution in [0.5, 0.6) is 11.5 Å². The van der Waals surface area contributed by atoms with Crippen LogP contribution < -0.4 is 20.1 Å². The Morgan fingerprint density at radius 1 is 0.931 bits per heavy atom. The van der Waals surface area contributed by atoms with E-state index in [1.807, 2.05) is 42.5 Å². The number of hydrogen-bond acceptors (Lipinski definition) is 6. The highest BCUT2D eigenvalue weighted by molar-refractivity contribution is 6.02. The lowest BCUT2D eigenvalue weighted by atomic mass is 10.0. The summed E-state index contributed by atoms with van der Waals surface area (Å²) in [6.07, 6.45) is 2.96. The van der Waals surface area contributed by atoms with Gasteiger partial charge in [-0.2, -0.15) is 0 Å². The summed E-state index contributed by atoms with van der Waals surface area (Å²) in [4.78, 5) is 20.9. The lowest BCUT2D eigenvalue weighted by Crippen LogP contribution is -2.15. The van der Waals surface area contributed by atoms with Crippen LogP contribution in [0.1, 0.15) is 35.8 Å². The van der Waals surface area contributed by atoms with E-state index in [9.17, 15) is 4.79 Å². The number of carbonyl (C=O) groups is 1. The number of carbonyl (C=O) groups excluding carboxylic acids is 1. The number of hydrogen-bond donors (Lipinski definition) is 2. The zero-order valence-corrected chi connectivity index (χ0v) is 16.3. The summed E-state index contributed by atoms with van der Waals surface area (Å²) in [5.41, 5.74) is 2.98. The molecule has 2 N–H and O–H groups in total. The summed E-state index contributed by atoms with van der Waals surface area (Å²) >= 11 is 0. The Balaban J connectivity index is 1.40. The van der Waals surface area contributed by atoms with E-state index in [4.69, 9.17) is 9.47 Å². The fraction of sp³-hybridized carbons (Fsp3) is 0.227. The number of fused-ring (bicyclic) bond motifs is 1. The molecule has 2 aromatic carbocycles. The van der Waals surface area contributed by atoms with Gasteiger partial charge in [-0.1, -0.05) is 26.0 Å². The van der Waals surface area contributed by atoms with E-state index in [1.54, 1.807) is 0 Å². The number of ether oxygens (including phenoxy) is 2. The lowest BCUT2D eigenvalue weighted by molar-refractivity contribution is 0.102. The maximum absolute atomic E-state index is 12.4. The quantitative estimate of drug-likeness (QED) is 0.673. The van der Waals surface area contributed by atoms with Crippen molar-refractivity contribution < 1.29 is 14.3 Å². The Bertz CT molecular complexity index is 1000. The van der Waals surface area contributed by atoms with Crippen molar-refractivity contribution in [1.82, 2.24) is 9.97 Å². The molecule has 0 radical (unpaired) electrons. The second-order valence-corrected chi connectivity index (χ2v) is 7.00. The Morgan fingerprint density at radius 2 is 1.66 bits per heavy atom. The van der Waals surface area contributed by atoms with Crippen LogP contribution in [-0.2, 0) is 0 Å². The van der Waals surface area contributed by atoms with Crippen molar-refractivity contribution in [2.24, 2.45) is 0 Å². The number of nitrogens with one attached hydrogen (secondary N) is 2. The number of aromatic nitrogens is 2. The van der Waals surface area contributed by atoms with Crippen LogP contribution in [0.4, 0.5) is 17.2 Å². The van der Waals surface area contributed by atoms with E-state index in [0.29, 0.717) is 30.7 Å². The van der Waals surface area contributed by atoms with Crippen LogP contribution in [0.15, 0.2) is 54.9 Å². The first-order valence-electron chi connectivity index (χ1n) is 9.48. The molecule has 148 valence electrons. The van der Waals surface area contributed by atoms with Gasteiger partial charge in [0, 0.05) is 17.4 Å². The van der Waals surface area contributed by atoms with Gasteiger partial charge in [-0.15, -0.1) is 0 Å². The summed E-state index contributed by atoms with van der Waals surface area (Å²) in [5, 5.41) is 5.98. The van der Waals surface area contributed by atoms with Gasteiger partial charge in [0.1, 0.15) is 24.7 Å². The molecule has 29 heavy (non-hydrogen) atoms. The molecule has 7 nitrogen and oxygen atoms in total. The fourth-order valence-corrected chi connectivity index (χ4v) is 2.93. The van der Waals surface area contributed by atoms with Gasteiger partial charge in [0.2, 0.25) is 0 Å².